The predicted octanol–water partition coefficient (Wildman–Crippen LogP) is 4.29. The monoisotopic (exact) mass is 436 g/mol. The van der Waals surface area contributed by atoms with Crippen LogP contribution in [-0.2, 0) is 0 Å². The van der Waals surface area contributed by atoms with Crippen LogP contribution in [-0.4, -0.2) is 37.5 Å². The molecule has 0 spiro atoms. The van der Waals surface area contributed by atoms with Crippen LogP contribution in [0.3, 0.4) is 0 Å². The normalized spacial score (nSPS) is 11.6. The minimum Gasteiger partial charge on any atom is -0.318 e. The van der Waals surface area contributed by atoms with Gasteiger partial charge in [-0.25, -0.2) is 13.2 Å². The molecular formula is C17H12BrF3N6. The van der Waals surface area contributed by atoms with Crippen molar-refractivity contribution in [3.05, 3.63) is 52.8 Å². The van der Waals surface area contributed by atoms with Crippen LogP contribution in [0.15, 0.2) is 41.1 Å². The molecule has 0 aliphatic heterocycles. The van der Waals surface area contributed by atoms with Gasteiger partial charge in [0, 0.05) is 16.1 Å². The molecule has 0 N–H and O–H groups in total. The van der Waals surface area contributed by atoms with Gasteiger partial charge in [-0.2, -0.15) is 4.98 Å². The van der Waals surface area contributed by atoms with Crippen LogP contribution in [0, 0.1) is 12.7 Å². The lowest BCUT2D eigenvalue weighted by Crippen LogP contribution is -2.25. The van der Waals surface area contributed by atoms with Crippen LogP contribution in [0.25, 0.3) is 16.7 Å². The first-order valence-electron chi connectivity index (χ1n) is 7.91. The minimum absolute atomic E-state index is 0.157. The number of benzene rings is 1. The zero-order chi connectivity index (χ0) is 19.1. The number of fused-ring (bicyclic) bond motifs is 3. The first-order valence-corrected chi connectivity index (χ1v) is 8.70. The molecule has 0 unspecified atom stereocenters. The van der Waals surface area contributed by atoms with Crippen molar-refractivity contribution in [2.45, 2.75) is 13.3 Å². The molecule has 0 aliphatic rings. The Labute approximate surface area is 159 Å². The summed E-state index contributed by atoms with van der Waals surface area (Å²) in [5.41, 5.74) is 0.962. The lowest BCUT2D eigenvalue weighted by atomic mass is 10.2. The molecule has 27 heavy (non-hydrogen) atoms. The topological polar surface area (TPSA) is 59.2 Å². The minimum atomic E-state index is -2.65. The highest BCUT2D eigenvalue weighted by atomic mass is 79.9. The standard InChI is InChI=1S/C17H12BrF3N6/c1-9-24-25-17-23-16(13-5-11(19)2-3-14(13)27(9)17)26(8-15(20)21)12-4-10(18)6-22-7-12/h2-7,15H,8H2,1H3. The molecule has 4 rings (SSSR count). The third-order valence-corrected chi connectivity index (χ3v) is 4.47. The van der Waals surface area contributed by atoms with E-state index in [4.69, 9.17) is 0 Å². The van der Waals surface area contributed by atoms with Crippen molar-refractivity contribution >= 4 is 44.1 Å². The quantitative estimate of drug-likeness (QED) is 0.477. The van der Waals surface area contributed by atoms with Gasteiger partial charge in [0.15, 0.2) is 0 Å². The highest BCUT2D eigenvalue weighted by Gasteiger charge is 2.22. The summed E-state index contributed by atoms with van der Waals surface area (Å²) in [7, 11) is 0. The summed E-state index contributed by atoms with van der Waals surface area (Å²) in [6.45, 7) is 1.10. The summed E-state index contributed by atoms with van der Waals surface area (Å²) in [5.74, 6) is 0.457. The number of hydrogen-bond donors (Lipinski definition) is 0. The predicted molar refractivity (Wildman–Crippen MR) is 97.9 cm³/mol. The number of alkyl halides is 2. The molecule has 1 aromatic carbocycles. The van der Waals surface area contributed by atoms with Crippen molar-refractivity contribution in [1.29, 1.82) is 0 Å². The zero-order valence-electron chi connectivity index (χ0n) is 13.9. The number of nitrogens with zero attached hydrogens (tertiary/aromatic N) is 6. The SMILES string of the molecule is Cc1nnc2nc(N(CC(F)F)c3cncc(Br)c3)c3cc(F)ccc3n12. The van der Waals surface area contributed by atoms with Crippen LogP contribution in [0.5, 0.6) is 0 Å². The van der Waals surface area contributed by atoms with E-state index in [1.807, 2.05) is 0 Å². The maximum Gasteiger partial charge on any atom is 0.257 e. The zero-order valence-corrected chi connectivity index (χ0v) is 15.5. The van der Waals surface area contributed by atoms with E-state index in [-0.39, 0.29) is 11.6 Å². The largest absolute Gasteiger partial charge is 0.318 e. The Hall–Kier alpha value is -2.75. The second-order valence-corrected chi connectivity index (χ2v) is 6.76. The average Bonchev–Trinajstić information content (AvgIpc) is 3.00. The van der Waals surface area contributed by atoms with E-state index in [0.717, 1.165) is 0 Å². The molecule has 138 valence electrons. The first kappa shape index (κ1) is 17.7. The molecule has 0 atom stereocenters. The molecule has 6 nitrogen and oxygen atoms in total. The maximum atomic E-state index is 14.0. The molecule has 10 heteroatoms. The van der Waals surface area contributed by atoms with Crippen molar-refractivity contribution in [2.75, 3.05) is 11.4 Å². The maximum absolute atomic E-state index is 14.0. The van der Waals surface area contributed by atoms with Gasteiger partial charge in [0.25, 0.3) is 12.2 Å². The molecule has 0 amide bonds. The van der Waals surface area contributed by atoms with Gasteiger partial charge in [-0.1, -0.05) is 0 Å². The number of halogens is 4. The average molecular weight is 437 g/mol. The molecule has 0 saturated carbocycles. The molecule has 3 aromatic heterocycles. The highest BCUT2D eigenvalue weighted by Crippen LogP contribution is 2.33. The summed E-state index contributed by atoms with van der Waals surface area (Å²) in [6, 6.07) is 5.75. The van der Waals surface area contributed by atoms with E-state index in [1.54, 1.807) is 29.7 Å². The Bertz CT molecular complexity index is 1150. The van der Waals surface area contributed by atoms with E-state index in [0.29, 0.717) is 26.9 Å². The Morgan fingerprint density at radius 1 is 1.19 bits per heavy atom. The lowest BCUT2D eigenvalue weighted by Gasteiger charge is -2.25. The first-order chi connectivity index (χ1) is 12.9. The van der Waals surface area contributed by atoms with E-state index < -0.39 is 18.8 Å². The Kier molecular flexibility index (Phi) is 4.42. The number of pyridine rings is 1. The smallest absolute Gasteiger partial charge is 0.257 e. The van der Waals surface area contributed by atoms with E-state index >= 15 is 0 Å². The molecule has 3 heterocycles. The number of hydrogen-bond acceptors (Lipinski definition) is 5. The van der Waals surface area contributed by atoms with E-state index in [9.17, 15) is 13.2 Å². The number of rotatable bonds is 4. The van der Waals surface area contributed by atoms with Crippen molar-refractivity contribution in [3.8, 4) is 0 Å². The summed E-state index contributed by atoms with van der Waals surface area (Å²) in [6.07, 6.45) is 0.338. The van der Waals surface area contributed by atoms with Gasteiger partial charge in [0.05, 0.1) is 23.9 Å². The Balaban J connectivity index is 2.04. The third kappa shape index (κ3) is 3.20. The molecular weight excluding hydrogens is 425 g/mol. The Morgan fingerprint density at radius 3 is 2.74 bits per heavy atom. The van der Waals surface area contributed by atoms with Gasteiger partial charge in [0.1, 0.15) is 17.5 Å². The molecule has 0 saturated heterocycles. The van der Waals surface area contributed by atoms with Gasteiger partial charge in [-0.3, -0.25) is 9.38 Å². The lowest BCUT2D eigenvalue weighted by molar-refractivity contribution is 0.158. The second kappa shape index (κ2) is 6.76. The second-order valence-electron chi connectivity index (χ2n) is 5.84. The number of aromatic nitrogens is 5. The molecule has 0 aliphatic carbocycles. The van der Waals surface area contributed by atoms with Crippen LogP contribution < -0.4 is 4.90 Å². The van der Waals surface area contributed by atoms with Crippen LogP contribution in [0.2, 0.25) is 0 Å². The van der Waals surface area contributed by atoms with Crippen molar-refractivity contribution < 1.29 is 13.2 Å². The molecule has 0 bridgehead atoms. The van der Waals surface area contributed by atoms with Crippen molar-refractivity contribution in [2.24, 2.45) is 0 Å². The van der Waals surface area contributed by atoms with Gasteiger partial charge >= 0.3 is 0 Å². The third-order valence-electron chi connectivity index (χ3n) is 4.03. The van der Waals surface area contributed by atoms with E-state index in [2.05, 4.69) is 36.1 Å². The molecule has 0 fully saturated rings. The van der Waals surface area contributed by atoms with Gasteiger partial charge in [-0.05, 0) is 47.1 Å². The van der Waals surface area contributed by atoms with Crippen LogP contribution >= 0.6 is 15.9 Å². The Morgan fingerprint density at radius 2 is 2.00 bits per heavy atom. The summed E-state index contributed by atoms with van der Waals surface area (Å²) in [5, 5.41) is 8.35. The number of anilines is 2. The van der Waals surface area contributed by atoms with Crippen molar-refractivity contribution in [3.63, 3.8) is 0 Å². The van der Waals surface area contributed by atoms with Crippen LogP contribution in [0.1, 0.15) is 5.82 Å². The van der Waals surface area contributed by atoms with Gasteiger partial charge < -0.3 is 4.90 Å². The highest BCUT2D eigenvalue weighted by molar-refractivity contribution is 9.10. The fourth-order valence-corrected chi connectivity index (χ4v) is 3.30. The summed E-state index contributed by atoms with van der Waals surface area (Å²) >= 11 is 3.29. The number of aryl methyl sites for hydroxylation is 1. The van der Waals surface area contributed by atoms with Gasteiger partial charge in [-0.15, -0.1) is 10.2 Å². The summed E-state index contributed by atoms with van der Waals surface area (Å²) in [4.78, 5) is 9.73. The van der Waals surface area contributed by atoms with Gasteiger partial charge in [0.2, 0.25) is 0 Å². The van der Waals surface area contributed by atoms with E-state index in [1.165, 1.54) is 23.2 Å². The van der Waals surface area contributed by atoms with Crippen molar-refractivity contribution in [1.82, 2.24) is 24.6 Å². The fraction of sp³-hybridized carbons (Fsp3) is 0.176. The molecule has 4 aromatic rings. The molecule has 0 radical (unpaired) electrons. The summed E-state index contributed by atoms with van der Waals surface area (Å²) < 4.78 is 42.9. The van der Waals surface area contributed by atoms with Crippen LogP contribution in [0.4, 0.5) is 24.7 Å². The fourth-order valence-electron chi connectivity index (χ4n) is 2.95.